The molecule has 1 aliphatic rings. The van der Waals surface area contributed by atoms with Crippen LogP contribution in [0.15, 0.2) is 12.7 Å². The van der Waals surface area contributed by atoms with E-state index in [1.54, 1.807) is 6.08 Å². The van der Waals surface area contributed by atoms with E-state index in [0.717, 1.165) is 12.8 Å². The van der Waals surface area contributed by atoms with Crippen molar-refractivity contribution in [2.75, 3.05) is 19.6 Å². The molecule has 0 saturated carbocycles. The lowest BCUT2D eigenvalue weighted by Crippen LogP contribution is -2.54. The smallest absolute Gasteiger partial charge is 0.326 e. The zero-order chi connectivity index (χ0) is 12.8. The molecular weight excluding hydrogens is 220 g/mol. The fourth-order valence-electron chi connectivity index (χ4n) is 2.23. The van der Waals surface area contributed by atoms with Crippen molar-refractivity contribution in [3.05, 3.63) is 12.7 Å². The van der Waals surface area contributed by atoms with Gasteiger partial charge >= 0.3 is 5.97 Å². The third-order valence-corrected chi connectivity index (χ3v) is 3.07. The Kier molecular flexibility index (Phi) is 5.15. The van der Waals surface area contributed by atoms with Crippen molar-refractivity contribution in [3.63, 3.8) is 0 Å². The van der Waals surface area contributed by atoms with Crippen molar-refractivity contribution < 1.29 is 14.7 Å². The van der Waals surface area contributed by atoms with E-state index < -0.39 is 12.0 Å². The molecule has 96 valence electrons. The maximum absolute atomic E-state index is 11.9. The number of rotatable bonds is 5. The first kappa shape index (κ1) is 13.7. The molecule has 5 nitrogen and oxygen atoms in total. The molecule has 0 aromatic rings. The van der Waals surface area contributed by atoms with Gasteiger partial charge in [-0.3, -0.25) is 4.79 Å². The summed E-state index contributed by atoms with van der Waals surface area (Å²) in [7, 11) is 0. The molecule has 1 fully saturated rings. The second kappa shape index (κ2) is 6.39. The molecule has 2 atom stereocenters. The largest absolute Gasteiger partial charge is 0.480 e. The monoisotopic (exact) mass is 240 g/mol. The minimum Gasteiger partial charge on any atom is -0.480 e. The van der Waals surface area contributed by atoms with E-state index >= 15 is 0 Å². The minimum absolute atomic E-state index is 0.0182. The maximum Gasteiger partial charge on any atom is 0.326 e. The highest BCUT2D eigenvalue weighted by atomic mass is 16.4. The number of carbonyl (C=O) groups is 2. The first-order valence-electron chi connectivity index (χ1n) is 5.91. The number of piperidine rings is 1. The third-order valence-electron chi connectivity index (χ3n) is 3.07. The van der Waals surface area contributed by atoms with Gasteiger partial charge in [-0.05, 0) is 18.8 Å². The summed E-state index contributed by atoms with van der Waals surface area (Å²) in [4.78, 5) is 24.6. The van der Waals surface area contributed by atoms with Gasteiger partial charge in [0.25, 0.3) is 0 Å². The zero-order valence-electron chi connectivity index (χ0n) is 10.2. The van der Waals surface area contributed by atoms with Gasteiger partial charge in [-0.1, -0.05) is 13.0 Å². The first-order chi connectivity index (χ1) is 8.07. The first-order valence-corrected chi connectivity index (χ1v) is 5.91. The Morgan fingerprint density at radius 3 is 2.88 bits per heavy atom. The molecule has 1 rings (SSSR count). The summed E-state index contributed by atoms with van der Waals surface area (Å²) in [5.41, 5.74) is 0. The normalized spacial score (nSPS) is 24.4. The van der Waals surface area contributed by atoms with Crippen LogP contribution in [0.2, 0.25) is 0 Å². The number of carboxylic acid groups (broad SMARTS) is 1. The summed E-state index contributed by atoms with van der Waals surface area (Å²) in [6.45, 7) is 6.68. The van der Waals surface area contributed by atoms with Gasteiger partial charge < -0.3 is 15.3 Å². The van der Waals surface area contributed by atoms with E-state index in [1.165, 1.54) is 4.90 Å². The number of nitrogens with one attached hydrogen (secondary N) is 1. The van der Waals surface area contributed by atoms with E-state index in [9.17, 15) is 9.59 Å². The van der Waals surface area contributed by atoms with Crippen molar-refractivity contribution in [3.8, 4) is 0 Å². The van der Waals surface area contributed by atoms with Crippen LogP contribution in [-0.4, -0.2) is 47.6 Å². The van der Waals surface area contributed by atoms with Crippen molar-refractivity contribution in [2.45, 2.75) is 25.8 Å². The molecule has 1 saturated heterocycles. The molecule has 2 unspecified atom stereocenters. The Labute approximate surface area is 101 Å². The Morgan fingerprint density at radius 1 is 1.59 bits per heavy atom. The molecule has 0 bridgehead atoms. The van der Waals surface area contributed by atoms with Gasteiger partial charge in [0.2, 0.25) is 5.91 Å². The number of aliphatic carboxylic acids is 1. The maximum atomic E-state index is 11.9. The number of likely N-dealkylation sites (tertiary alicyclic amines) is 1. The third kappa shape index (κ3) is 3.56. The van der Waals surface area contributed by atoms with Crippen LogP contribution >= 0.6 is 0 Å². The average Bonchev–Trinajstić information content (AvgIpc) is 2.28. The van der Waals surface area contributed by atoms with Gasteiger partial charge in [0, 0.05) is 13.1 Å². The molecule has 17 heavy (non-hydrogen) atoms. The topological polar surface area (TPSA) is 69.6 Å². The highest BCUT2D eigenvalue weighted by molar-refractivity contribution is 5.85. The Hall–Kier alpha value is -1.36. The van der Waals surface area contributed by atoms with E-state index in [0.29, 0.717) is 13.1 Å². The van der Waals surface area contributed by atoms with Gasteiger partial charge in [-0.2, -0.15) is 0 Å². The van der Waals surface area contributed by atoms with E-state index in [-0.39, 0.29) is 18.4 Å². The number of carboxylic acids is 1. The van der Waals surface area contributed by atoms with Crippen LogP contribution in [0.4, 0.5) is 0 Å². The number of nitrogens with zero attached hydrogens (tertiary/aromatic N) is 1. The minimum atomic E-state index is -0.908. The summed E-state index contributed by atoms with van der Waals surface area (Å²) in [6, 6.07) is -0.679. The molecule has 1 aliphatic heterocycles. The molecule has 1 amide bonds. The highest BCUT2D eigenvalue weighted by Crippen LogP contribution is 2.23. The summed E-state index contributed by atoms with van der Waals surface area (Å²) in [6.07, 6.45) is 3.40. The summed E-state index contributed by atoms with van der Waals surface area (Å²) in [5, 5.41) is 12.1. The van der Waals surface area contributed by atoms with Crippen LogP contribution in [0, 0.1) is 5.92 Å². The summed E-state index contributed by atoms with van der Waals surface area (Å²) in [5.74, 6) is -1.04. The lowest BCUT2D eigenvalue weighted by atomic mass is 9.91. The fraction of sp³-hybridized carbons (Fsp3) is 0.667. The molecule has 1 heterocycles. The van der Waals surface area contributed by atoms with Gasteiger partial charge in [-0.25, -0.2) is 4.79 Å². The van der Waals surface area contributed by atoms with E-state index in [2.05, 4.69) is 11.9 Å². The van der Waals surface area contributed by atoms with Gasteiger partial charge in [0.05, 0.1) is 6.54 Å². The standard InChI is InChI=1S/C12H20N2O3/c1-3-6-13-8-10(15)14-7-4-5-9(2)11(14)12(16)17/h3,9,11,13H,1,4-8H2,2H3,(H,16,17). The fourth-order valence-corrected chi connectivity index (χ4v) is 2.23. The number of amides is 1. The number of hydrogen-bond donors (Lipinski definition) is 2. The number of hydrogen-bond acceptors (Lipinski definition) is 3. The summed E-state index contributed by atoms with van der Waals surface area (Å²) < 4.78 is 0. The second-order valence-corrected chi connectivity index (χ2v) is 4.41. The van der Waals surface area contributed by atoms with Gasteiger partial charge in [-0.15, -0.1) is 6.58 Å². The highest BCUT2D eigenvalue weighted by Gasteiger charge is 2.36. The lowest BCUT2D eigenvalue weighted by Gasteiger charge is -2.37. The predicted octanol–water partition coefficient (Wildman–Crippen LogP) is 0.474. The van der Waals surface area contributed by atoms with Crippen LogP contribution < -0.4 is 5.32 Å². The molecule has 0 radical (unpaired) electrons. The van der Waals surface area contributed by atoms with Crippen LogP contribution in [0.1, 0.15) is 19.8 Å². The van der Waals surface area contributed by atoms with Crippen LogP contribution in [-0.2, 0) is 9.59 Å². The quantitative estimate of drug-likeness (QED) is 0.541. The van der Waals surface area contributed by atoms with Crippen molar-refractivity contribution >= 4 is 11.9 Å². The lowest BCUT2D eigenvalue weighted by molar-refractivity contribution is -0.154. The average molecular weight is 240 g/mol. The van der Waals surface area contributed by atoms with Crippen molar-refractivity contribution in [1.29, 1.82) is 0 Å². The van der Waals surface area contributed by atoms with Crippen molar-refractivity contribution in [2.24, 2.45) is 5.92 Å². The zero-order valence-corrected chi connectivity index (χ0v) is 10.2. The van der Waals surface area contributed by atoms with Crippen LogP contribution in [0.25, 0.3) is 0 Å². The molecule has 2 N–H and O–H groups in total. The molecule has 0 aliphatic carbocycles. The molecular formula is C12H20N2O3. The Balaban J connectivity index is 2.61. The van der Waals surface area contributed by atoms with E-state index in [1.807, 2.05) is 6.92 Å². The number of carbonyl (C=O) groups excluding carboxylic acids is 1. The SMILES string of the molecule is C=CCNCC(=O)N1CCCC(C)C1C(=O)O. The molecule has 0 aromatic carbocycles. The molecule has 0 spiro atoms. The Bertz CT molecular complexity index is 304. The van der Waals surface area contributed by atoms with E-state index in [4.69, 9.17) is 5.11 Å². The predicted molar refractivity (Wildman–Crippen MR) is 64.6 cm³/mol. The van der Waals surface area contributed by atoms with Crippen LogP contribution in [0.3, 0.4) is 0 Å². The van der Waals surface area contributed by atoms with Gasteiger partial charge in [0.1, 0.15) is 6.04 Å². The van der Waals surface area contributed by atoms with Crippen molar-refractivity contribution in [1.82, 2.24) is 10.2 Å². The Morgan fingerprint density at radius 2 is 2.29 bits per heavy atom. The van der Waals surface area contributed by atoms with Gasteiger partial charge in [0.15, 0.2) is 0 Å². The second-order valence-electron chi connectivity index (χ2n) is 4.41. The van der Waals surface area contributed by atoms with Crippen LogP contribution in [0.5, 0.6) is 0 Å². The molecule has 5 heteroatoms. The summed E-state index contributed by atoms with van der Waals surface area (Å²) >= 11 is 0. The molecule has 0 aromatic heterocycles.